The predicted molar refractivity (Wildman–Crippen MR) is 85.6 cm³/mol. The van der Waals surface area contributed by atoms with Crippen LogP contribution in [0.4, 0.5) is 0 Å². The molecule has 0 aromatic carbocycles. The molecule has 0 spiro atoms. The highest BCUT2D eigenvalue weighted by atomic mass is 79.9. The summed E-state index contributed by atoms with van der Waals surface area (Å²) in [6.45, 7) is 0.249. The van der Waals surface area contributed by atoms with Crippen LogP contribution in [-0.4, -0.2) is 37.8 Å². The zero-order valence-electron chi connectivity index (χ0n) is 9.04. The molecule has 0 aliphatic carbocycles. The standard InChI is InChI=1S/C8H12Br2Cl4O3S/c9-1-5(7(11)12)3-16-18(15)17-4-6(2-10)8(13)14/h5-8H,1-4H2. The zero-order valence-corrected chi connectivity index (χ0v) is 16.1. The van der Waals surface area contributed by atoms with Gasteiger partial charge in [0.15, 0.2) is 0 Å². The molecule has 0 aromatic heterocycles. The molecule has 0 aliphatic heterocycles. The summed E-state index contributed by atoms with van der Waals surface area (Å²) in [7, 11) is 0. The molecule has 3 nitrogen and oxygen atoms in total. The molecular weight excluding hydrogens is 478 g/mol. The van der Waals surface area contributed by atoms with Gasteiger partial charge in [0.2, 0.25) is 0 Å². The average Bonchev–Trinajstić information content (AvgIpc) is 2.29. The first-order valence-corrected chi connectivity index (χ1v) is 9.77. The second-order valence-corrected chi connectivity index (χ2v) is 7.77. The van der Waals surface area contributed by atoms with Crippen molar-refractivity contribution in [3.05, 3.63) is 0 Å². The molecule has 10 heteroatoms. The Balaban J connectivity index is 3.90. The van der Waals surface area contributed by atoms with Gasteiger partial charge in [-0.05, 0) is 0 Å². The summed E-state index contributed by atoms with van der Waals surface area (Å²) in [6.07, 6.45) is 0. The third-order valence-electron chi connectivity index (χ3n) is 1.87. The van der Waals surface area contributed by atoms with Crippen molar-refractivity contribution >= 4 is 89.6 Å². The molecule has 0 rings (SSSR count). The van der Waals surface area contributed by atoms with Gasteiger partial charge in [0.25, 0.3) is 0 Å². The van der Waals surface area contributed by atoms with Crippen LogP contribution in [0.15, 0.2) is 0 Å². The van der Waals surface area contributed by atoms with Gasteiger partial charge in [-0.3, -0.25) is 8.37 Å². The third kappa shape index (κ3) is 9.19. The molecule has 0 bridgehead atoms. The highest BCUT2D eigenvalue weighted by Crippen LogP contribution is 2.20. The monoisotopic (exact) mass is 486 g/mol. The van der Waals surface area contributed by atoms with Crippen molar-refractivity contribution in [1.82, 2.24) is 0 Å². The first-order chi connectivity index (χ1) is 8.42. The summed E-state index contributed by atoms with van der Waals surface area (Å²) < 4.78 is 21.4. The Kier molecular flexibility index (Phi) is 13.2. The van der Waals surface area contributed by atoms with Crippen LogP contribution in [0.1, 0.15) is 0 Å². The maximum atomic E-state index is 11.4. The minimum atomic E-state index is -1.87. The Labute approximate surface area is 146 Å². The molecule has 0 radical (unpaired) electrons. The van der Waals surface area contributed by atoms with Gasteiger partial charge in [-0.15, -0.1) is 46.4 Å². The van der Waals surface area contributed by atoms with Gasteiger partial charge in [-0.25, -0.2) is 0 Å². The van der Waals surface area contributed by atoms with E-state index in [0.29, 0.717) is 10.7 Å². The van der Waals surface area contributed by atoms with E-state index in [0.717, 1.165) is 0 Å². The van der Waals surface area contributed by atoms with Crippen molar-refractivity contribution in [2.75, 3.05) is 23.9 Å². The smallest absolute Gasteiger partial charge is 0.268 e. The SMILES string of the molecule is O=S(OCC(CBr)C(Cl)Cl)OCC(CBr)C(Cl)Cl. The fourth-order valence-corrected chi connectivity index (χ4v) is 3.96. The molecule has 110 valence electrons. The largest absolute Gasteiger partial charge is 0.304 e. The molecule has 0 fully saturated rings. The molecule has 0 aliphatic rings. The van der Waals surface area contributed by atoms with Crippen molar-refractivity contribution in [3.63, 3.8) is 0 Å². The molecule has 0 saturated heterocycles. The lowest BCUT2D eigenvalue weighted by Gasteiger charge is -2.16. The van der Waals surface area contributed by atoms with Crippen LogP contribution >= 0.6 is 78.3 Å². The fourth-order valence-electron chi connectivity index (χ4n) is 0.689. The van der Waals surface area contributed by atoms with E-state index in [1.165, 1.54) is 0 Å². The Morgan fingerprint density at radius 3 is 1.44 bits per heavy atom. The maximum Gasteiger partial charge on any atom is 0.304 e. The molecule has 0 aromatic rings. The van der Waals surface area contributed by atoms with Gasteiger partial charge in [0.05, 0.1) is 13.2 Å². The normalized spacial score (nSPS) is 17.1. The lowest BCUT2D eigenvalue weighted by Crippen LogP contribution is -2.22. The van der Waals surface area contributed by atoms with Crippen LogP contribution in [0.2, 0.25) is 0 Å². The van der Waals surface area contributed by atoms with E-state index >= 15 is 0 Å². The van der Waals surface area contributed by atoms with Crippen LogP contribution in [-0.2, 0) is 19.7 Å². The topological polar surface area (TPSA) is 35.5 Å². The first-order valence-electron chi connectivity index (χ1n) is 4.78. The number of rotatable bonds is 10. The Bertz CT molecular complexity index is 226. The lowest BCUT2D eigenvalue weighted by molar-refractivity contribution is 0.212. The first kappa shape index (κ1) is 20.2. The maximum absolute atomic E-state index is 11.4. The van der Waals surface area contributed by atoms with E-state index in [2.05, 4.69) is 31.9 Å². The van der Waals surface area contributed by atoms with Crippen molar-refractivity contribution in [2.24, 2.45) is 11.8 Å². The van der Waals surface area contributed by atoms with E-state index in [1.54, 1.807) is 0 Å². The molecular formula is C8H12Br2Cl4O3S. The van der Waals surface area contributed by atoms with Crippen LogP contribution in [0.5, 0.6) is 0 Å². The zero-order chi connectivity index (χ0) is 14.1. The summed E-state index contributed by atoms with van der Waals surface area (Å²) >= 11 is 27.4. The highest BCUT2D eigenvalue weighted by Gasteiger charge is 2.20. The van der Waals surface area contributed by atoms with Gasteiger partial charge in [-0.2, -0.15) is 4.21 Å². The highest BCUT2D eigenvalue weighted by molar-refractivity contribution is 9.09. The number of halogens is 6. The Morgan fingerprint density at radius 1 is 0.889 bits per heavy atom. The molecule has 18 heavy (non-hydrogen) atoms. The number of hydrogen-bond acceptors (Lipinski definition) is 3. The van der Waals surface area contributed by atoms with Crippen LogP contribution < -0.4 is 0 Å². The average molecular weight is 490 g/mol. The van der Waals surface area contributed by atoms with Gasteiger partial charge < -0.3 is 0 Å². The summed E-state index contributed by atoms with van der Waals surface area (Å²) in [5.74, 6) is -0.330. The molecule has 0 heterocycles. The van der Waals surface area contributed by atoms with Crippen molar-refractivity contribution in [1.29, 1.82) is 0 Å². The quantitative estimate of drug-likeness (QED) is 0.431. The minimum absolute atomic E-state index is 0.125. The summed E-state index contributed by atoms with van der Waals surface area (Å²) in [4.78, 5) is -1.21. The van der Waals surface area contributed by atoms with E-state index < -0.39 is 21.0 Å². The van der Waals surface area contributed by atoms with Crippen molar-refractivity contribution < 1.29 is 12.6 Å². The van der Waals surface area contributed by atoms with Gasteiger partial charge in [0.1, 0.15) is 9.67 Å². The molecule has 0 amide bonds. The number of hydrogen-bond donors (Lipinski definition) is 0. The number of alkyl halides is 6. The Hall–Kier alpha value is 2.19. The van der Waals surface area contributed by atoms with Crippen LogP contribution in [0.3, 0.4) is 0 Å². The second kappa shape index (κ2) is 11.8. The lowest BCUT2D eigenvalue weighted by atomic mass is 10.2. The Morgan fingerprint density at radius 2 is 1.22 bits per heavy atom. The molecule has 0 N–H and O–H groups in total. The van der Waals surface area contributed by atoms with Gasteiger partial charge in [0, 0.05) is 22.5 Å². The van der Waals surface area contributed by atoms with E-state index in [-0.39, 0.29) is 25.0 Å². The van der Waals surface area contributed by atoms with E-state index in [9.17, 15) is 4.21 Å². The second-order valence-electron chi connectivity index (χ2n) is 3.27. The molecule has 0 saturated carbocycles. The van der Waals surface area contributed by atoms with Crippen LogP contribution in [0, 0.1) is 11.8 Å². The van der Waals surface area contributed by atoms with Gasteiger partial charge in [-0.1, -0.05) is 31.9 Å². The van der Waals surface area contributed by atoms with E-state index in [1.807, 2.05) is 0 Å². The molecule has 2 unspecified atom stereocenters. The third-order valence-corrected chi connectivity index (χ3v) is 5.61. The molecule has 2 atom stereocenters. The van der Waals surface area contributed by atoms with Crippen LogP contribution in [0.25, 0.3) is 0 Å². The summed E-state index contributed by atoms with van der Waals surface area (Å²) in [6, 6.07) is 0. The van der Waals surface area contributed by atoms with Crippen molar-refractivity contribution in [3.8, 4) is 0 Å². The predicted octanol–water partition coefficient (Wildman–Crippen LogP) is 4.23. The van der Waals surface area contributed by atoms with Gasteiger partial charge >= 0.3 is 11.4 Å². The summed E-state index contributed by atoms with van der Waals surface area (Å²) in [5.41, 5.74) is 0. The minimum Gasteiger partial charge on any atom is -0.268 e. The van der Waals surface area contributed by atoms with Crippen molar-refractivity contribution in [2.45, 2.75) is 9.67 Å². The fraction of sp³-hybridized carbons (Fsp3) is 1.00. The summed E-state index contributed by atoms with van der Waals surface area (Å²) in [5, 5.41) is 1.08. The van der Waals surface area contributed by atoms with E-state index in [4.69, 9.17) is 54.8 Å².